The maximum absolute atomic E-state index is 3.57. The average molecular weight is 214 g/mol. The molecule has 2 N–H and O–H groups in total. The van der Waals surface area contributed by atoms with Gasteiger partial charge in [-0.2, -0.15) is 0 Å². The van der Waals surface area contributed by atoms with Crippen LogP contribution in [0.25, 0.3) is 10.9 Å². The van der Waals surface area contributed by atoms with E-state index in [9.17, 15) is 0 Å². The van der Waals surface area contributed by atoms with Gasteiger partial charge in [0.05, 0.1) is 0 Å². The zero-order valence-electron chi connectivity index (χ0n) is 9.72. The predicted octanol–water partition coefficient (Wildman–Crippen LogP) is 2.63. The van der Waals surface area contributed by atoms with Gasteiger partial charge in [0.1, 0.15) is 0 Å². The highest BCUT2D eigenvalue weighted by Gasteiger charge is 2.21. The maximum atomic E-state index is 3.57. The van der Waals surface area contributed by atoms with Gasteiger partial charge < -0.3 is 10.3 Å². The molecule has 84 valence electrons. The number of rotatable bonds is 2. The van der Waals surface area contributed by atoms with Gasteiger partial charge in [-0.05, 0) is 37.4 Å². The highest BCUT2D eigenvalue weighted by Crippen LogP contribution is 2.28. The number of likely N-dealkylation sites (N-methyl/N-ethyl adjacent to an activating group) is 1. The van der Waals surface area contributed by atoms with Crippen LogP contribution >= 0.6 is 0 Å². The van der Waals surface area contributed by atoms with E-state index in [0.717, 1.165) is 6.54 Å². The van der Waals surface area contributed by atoms with Crippen LogP contribution in [0.5, 0.6) is 0 Å². The predicted molar refractivity (Wildman–Crippen MR) is 67.8 cm³/mol. The number of aryl methyl sites for hydroxylation is 1. The number of fused-ring (bicyclic) bond motifs is 3. The van der Waals surface area contributed by atoms with Crippen molar-refractivity contribution in [2.24, 2.45) is 0 Å². The van der Waals surface area contributed by atoms with Crippen LogP contribution in [0, 0.1) is 0 Å². The summed E-state index contributed by atoms with van der Waals surface area (Å²) in [6.45, 7) is 3.26. The van der Waals surface area contributed by atoms with Gasteiger partial charge in [0, 0.05) is 22.6 Å². The minimum atomic E-state index is 0.664. The standard InChI is InChI=1S/C14H18N2/c1-2-15-10-7-8-14-12(9-10)11-5-3-4-6-13(11)16-14/h3-6,10,15-16H,2,7-9H2,1H3/t10-/m0/s1. The van der Waals surface area contributed by atoms with Gasteiger partial charge in [0.2, 0.25) is 0 Å². The minimum absolute atomic E-state index is 0.664. The molecule has 16 heavy (non-hydrogen) atoms. The fourth-order valence-electron chi connectivity index (χ4n) is 2.83. The molecule has 1 aliphatic carbocycles. The van der Waals surface area contributed by atoms with Crippen molar-refractivity contribution in [3.63, 3.8) is 0 Å². The van der Waals surface area contributed by atoms with Gasteiger partial charge >= 0.3 is 0 Å². The van der Waals surface area contributed by atoms with Crippen molar-refractivity contribution in [1.29, 1.82) is 0 Å². The smallest absolute Gasteiger partial charge is 0.0458 e. The molecule has 0 spiro atoms. The van der Waals surface area contributed by atoms with Crippen molar-refractivity contribution in [3.05, 3.63) is 35.5 Å². The normalized spacial score (nSPS) is 19.9. The highest BCUT2D eigenvalue weighted by molar-refractivity contribution is 5.84. The minimum Gasteiger partial charge on any atom is -0.358 e. The molecule has 2 aromatic rings. The topological polar surface area (TPSA) is 27.8 Å². The first-order valence-corrected chi connectivity index (χ1v) is 6.20. The summed E-state index contributed by atoms with van der Waals surface area (Å²) in [5, 5.41) is 4.98. The molecule has 0 aliphatic heterocycles. The summed E-state index contributed by atoms with van der Waals surface area (Å²) in [5.41, 5.74) is 4.29. The van der Waals surface area contributed by atoms with Crippen LogP contribution in [0.15, 0.2) is 24.3 Å². The van der Waals surface area contributed by atoms with Crippen LogP contribution < -0.4 is 5.32 Å². The van der Waals surface area contributed by atoms with Gasteiger partial charge in [0.25, 0.3) is 0 Å². The summed E-state index contributed by atoms with van der Waals surface area (Å²) in [7, 11) is 0. The molecule has 3 rings (SSSR count). The van der Waals surface area contributed by atoms with Crippen LogP contribution in [0.1, 0.15) is 24.6 Å². The molecule has 2 heteroatoms. The number of aromatic amines is 1. The van der Waals surface area contributed by atoms with E-state index in [4.69, 9.17) is 0 Å². The van der Waals surface area contributed by atoms with Gasteiger partial charge in [-0.15, -0.1) is 0 Å². The van der Waals surface area contributed by atoms with Crippen molar-refractivity contribution < 1.29 is 0 Å². The lowest BCUT2D eigenvalue weighted by Gasteiger charge is -2.23. The Hall–Kier alpha value is -1.28. The van der Waals surface area contributed by atoms with Crippen molar-refractivity contribution in [1.82, 2.24) is 10.3 Å². The lowest BCUT2D eigenvalue weighted by molar-refractivity contribution is 0.470. The molecular weight excluding hydrogens is 196 g/mol. The van der Waals surface area contributed by atoms with Crippen LogP contribution in [0.2, 0.25) is 0 Å². The Morgan fingerprint density at radius 2 is 2.25 bits per heavy atom. The Morgan fingerprint density at radius 1 is 1.38 bits per heavy atom. The quantitative estimate of drug-likeness (QED) is 0.790. The summed E-state index contributed by atoms with van der Waals surface area (Å²) in [6, 6.07) is 9.31. The highest BCUT2D eigenvalue weighted by atomic mass is 14.9. The second-order valence-electron chi connectivity index (χ2n) is 4.63. The summed E-state index contributed by atoms with van der Waals surface area (Å²) in [6.07, 6.45) is 3.61. The molecule has 0 saturated heterocycles. The Morgan fingerprint density at radius 3 is 3.12 bits per heavy atom. The van der Waals surface area contributed by atoms with Crippen LogP contribution in [-0.2, 0) is 12.8 Å². The lowest BCUT2D eigenvalue weighted by Crippen LogP contribution is -2.34. The van der Waals surface area contributed by atoms with Crippen molar-refractivity contribution in [3.8, 4) is 0 Å². The molecule has 0 amide bonds. The molecule has 0 radical (unpaired) electrons. The zero-order chi connectivity index (χ0) is 11.0. The van der Waals surface area contributed by atoms with Crippen LogP contribution in [0.4, 0.5) is 0 Å². The van der Waals surface area contributed by atoms with Crippen molar-refractivity contribution in [2.75, 3.05) is 6.54 Å². The van der Waals surface area contributed by atoms with E-state index in [0.29, 0.717) is 6.04 Å². The second-order valence-corrected chi connectivity index (χ2v) is 4.63. The van der Waals surface area contributed by atoms with Crippen molar-refractivity contribution in [2.45, 2.75) is 32.2 Å². The molecule has 1 heterocycles. The number of para-hydroxylation sites is 1. The third kappa shape index (κ3) is 1.54. The van der Waals surface area contributed by atoms with Gasteiger partial charge in [-0.3, -0.25) is 0 Å². The number of nitrogens with one attached hydrogen (secondary N) is 2. The molecule has 1 aliphatic rings. The molecule has 0 unspecified atom stereocenters. The summed E-state index contributed by atoms with van der Waals surface area (Å²) in [4.78, 5) is 3.55. The number of aromatic nitrogens is 1. The number of benzene rings is 1. The molecule has 2 nitrogen and oxygen atoms in total. The first-order chi connectivity index (χ1) is 7.88. The van der Waals surface area contributed by atoms with E-state index in [1.807, 2.05) is 0 Å². The van der Waals surface area contributed by atoms with E-state index in [-0.39, 0.29) is 0 Å². The molecule has 1 aromatic heterocycles. The third-order valence-electron chi connectivity index (χ3n) is 3.59. The summed E-state index contributed by atoms with van der Waals surface area (Å²) >= 11 is 0. The average Bonchev–Trinajstić information content (AvgIpc) is 2.68. The van der Waals surface area contributed by atoms with E-state index >= 15 is 0 Å². The monoisotopic (exact) mass is 214 g/mol. The Labute approximate surface area is 96.1 Å². The number of H-pyrrole nitrogens is 1. The number of hydrogen-bond acceptors (Lipinski definition) is 1. The molecule has 0 bridgehead atoms. The van der Waals surface area contributed by atoms with Crippen LogP contribution in [0.3, 0.4) is 0 Å². The molecule has 1 atom stereocenters. The fraction of sp³-hybridized carbons (Fsp3) is 0.429. The van der Waals surface area contributed by atoms with Gasteiger partial charge in [0.15, 0.2) is 0 Å². The van der Waals surface area contributed by atoms with E-state index in [2.05, 4.69) is 41.5 Å². The van der Waals surface area contributed by atoms with E-state index in [1.54, 1.807) is 0 Å². The first-order valence-electron chi connectivity index (χ1n) is 6.20. The first kappa shape index (κ1) is 9.91. The van der Waals surface area contributed by atoms with E-state index in [1.165, 1.54) is 41.4 Å². The number of hydrogen-bond donors (Lipinski definition) is 2. The third-order valence-corrected chi connectivity index (χ3v) is 3.59. The fourth-order valence-corrected chi connectivity index (χ4v) is 2.83. The zero-order valence-corrected chi connectivity index (χ0v) is 9.72. The Kier molecular flexibility index (Phi) is 2.44. The van der Waals surface area contributed by atoms with E-state index < -0.39 is 0 Å². The molecular formula is C14H18N2. The molecule has 0 fully saturated rings. The second kappa shape index (κ2) is 3.95. The summed E-state index contributed by atoms with van der Waals surface area (Å²) in [5.74, 6) is 0. The van der Waals surface area contributed by atoms with Crippen molar-refractivity contribution >= 4 is 10.9 Å². The lowest BCUT2D eigenvalue weighted by atomic mass is 9.91. The van der Waals surface area contributed by atoms with Gasteiger partial charge in [-0.25, -0.2) is 0 Å². The Bertz CT molecular complexity index is 498. The molecule has 0 saturated carbocycles. The maximum Gasteiger partial charge on any atom is 0.0458 e. The summed E-state index contributed by atoms with van der Waals surface area (Å²) < 4.78 is 0. The molecule has 1 aromatic carbocycles. The Balaban J connectivity index is 2.01. The van der Waals surface area contributed by atoms with Gasteiger partial charge in [-0.1, -0.05) is 25.1 Å². The largest absolute Gasteiger partial charge is 0.358 e. The van der Waals surface area contributed by atoms with Crippen LogP contribution in [-0.4, -0.2) is 17.6 Å². The SMILES string of the molecule is CCN[C@H]1CCc2[nH]c3ccccc3c2C1.